The predicted molar refractivity (Wildman–Crippen MR) is 161 cm³/mol. The van der Waals surface area contributed by atoms with Gasteiger partial charge in [-0.1, -0.05) is 37.5 Å². The average Bonchev–Trinajstić information content (AvgIpc) is 3.44. The molecule has 1 amide bonds. The molecule has 2 atom stereocenters. The number of hydrogen-bond donors (Lipinski definition) is 1. The monoisotopic (exact) mass is 612 g/mol. The number of hydrogen-bond acceptors (Lipinski definition) is 8. The lowest BCUT2D eigenvalue weighted by Crippen LogP contribution is -2.39. The topological polar surface area (TPSA) is 119 Å². The standard InChI is InChI=1S/C32H40N2O8S/c1-39-25-11-13-26(14-12-25)43(37,38)34(17-19-35)18-20-40-31-22-24(28-23-41-29-10-6-5-9-27(28)29)21-30(42-31)32(36)33-15-7-3-2-4-8-16-33/h5-6,9-14,21,23-24,31,35H,2-4,7-8,15-20,22H2,1H3. The third-order valence-corrected chi connectivity index (χ3v) is 9.93. The van der Waals surface area contributed by atoms with Gasteiger partial charge in [-0.25, -0.2) is 8.42 Å². The predicted octanol–water partition coefficient (Wildman–Crippen LogP) is 4.65. The van der Waals surface area contributed by atoms with E-state index in [2.05, 4.69) is 0 Å². The summed E-state index contributed by atoms with van der Waals surface area (Å²) in [5.74, 6) is 0.425. The number of ether oxygens (including phenoxy) is 3. The summed E-state index contributed by atoms with van der Waals surface area (Å²) in [6.45, 7) is 0.929. The van der Waals surface area contributed by atoms with Crippen LogP contribution in [-0.2, 0) is 24.3 Å². The lowest BCUT2D eigenvalue weighted by atomic mass is 9.92. The molecule has 0 radical (unpaired) electrons. The molecule has 1 N–H and O–H groups in total. The number of methoxy groups -OCH3 is 1. The molecule has 5 rings (SSSR count). The zero-order valence-electron chi connectivity index (χ0n) is 24.5. The second-order valence-electron chi connectivity index (χ2n) is 10.8. The van der Waals surface area contributed by atoms with Crippen LogP contribution in [0.3, 0.4) is 0 Å². The molecule has 0 saturated carbocycles. The number of para-hydroxylation sites is 1. The van der Waals surface area contributed by atoms with E-state index in [9.17, 15) is 18.3 Å². The Morgan fingerprint density at radius 1 is 1.02 bits per heavy atom. The summed E-state index contributed by atoms with van der Waals surface area (Å²) in [6.07, 6.45) is 8.53. The van der Waals surface area contributed by atoms with Gasteiger partial charge in [0.15, 0.2) is 5.76 Å². The van der Waals surface area contributed by atoms with Crippen molar-refractivity contribution in [2.45, 2.75) is 55.6 Å². The highest BCUT2D eigenvalue weighted by atomic mass is 32.2. The average molecular weight is 613 g/mol. The van der Waals surface area contributed by atoms with Crippen molar-refractivity contribution in [1.29, 1.82) is 0 Å². The first-order valence-corrected chi connectivity index (χ1v) is 16.3. The minimum absolute atomic E-state index is 0.00406. The van der Waals surface area contributed by atoms with Gasteiger partial charge in [0, 0.05) is 49.5 Å². The fourth-order valence-electron chi connectivity index (χ4n) is 5.67. The van der Waals surface area contributed by atoms with E-state index in [0.29, 0.717) is 25.3 Å². The van der Waals surface area contributed by atoms with E-state index < -0.39 is 16.3 Å². The number of sulfonamides is 1. The van der Waals surface area contributed by atoms with Gasteiger partial charge in [0.05, 0.1) is 31.5 Å². The number of likely N-dealkylation sites (tertiary alicyclic amines) is 1. The Balaban J connectivity index is 1.32. The molecule has 232 valence electrons. The highest BCUT2D eigenvalue weighted by Crippen LogP contribution is 2.37. The van der Waals surface area contributed by atoms with Gasteiger partial charge in [-0.15, -0.1) is 0 Å². The van der Waals surface area contributed by atoms with Crippen molar-refractivity contribution in [3.8, 4) is 5.75 Å². The maximum absolute atomic E-state index is 13.7. The number of carbonyl (C=O) groups excluding carboxylic acids is 1. The zero-order chi connectivity index (χ0) is 30.2. The van der Waals surface area contributed by atoms with Crippen molar-refractivity contribution in [3.05, 3.63) is 72.2 Å². The van der Waals surface area contributed by atoms with Crippen LogP contribution in [0.2, 0.25) is 0 Å². The van der Waals surface area contributed by atoms with Crippen molar-refractivity contribution in [1.82, 2.24) is 9.21 Å². The van der Waals surface area contributed by atoms with E-state index >= 15 is 0 Å². The first kappa shape index (κ1) is 31.1. The third-order valence-electron chi connectivity index (χ3n) is 8.01. The van der Waals surface area contributed by atoms with E-state index in [-0.39, 0.29) is 48.8 Å². The first-order chi connectivity index (χ1) is 20.9. The molecule has 2 aliphatic rings. The molecule has 10 nitrogen and oxygen atoms in total. The lowest BCUT2D eigenvalue weighted by molar-refractivity contribution is -0.153. The van der Waals surface area contributed by atoms with Gasteiger partial charge < -0.3 is 28.6 Å². The van der Waals surface area contributed by atoms with Gasteiger partial charge in [-0.3, -0.25) is 4.79 Å². The number of fused-ring (bicyclic) bond motifs is 1. The number of nitrogens with zero attached hydrogens (tertiary/aromatic N) is 2. The summed E-state index contributed by atoms with van der Waals surface area (Å²) in [7, 11) is -2.39. The number of aliphatic hydroxyl groups is 1. The SMILES string of the molecule is COc1ccc(S(=O)(=O)N(CCO)CCOC2CC(c3coc4ccccc34)C=C(C(=O)N3CCCCCCC3)O2)cc1. The normalized spacial score (nSPS) is 19.9. The molecule has 3 heterocycles. The Bertz CT molecular complexity index is 1490. The second kappa shape index (κ2) is 14.4. The van der Waals surface area contributed by atoms with E-state index in [0.717, 1.165) is 42.2 Å². The van der Waals surface area contributed by atoms with Crippen molar-refractivity contribution in [3.63, 3.8) is 0 Å². The molecule has 11 heteroatoms. The Morgan fingerprint density at radius 2 is 1.74 bits per heavy atom. The maximum Gasteiger partial charge on any atom is 0.288 e. The summed E-state index contributed by atoms with van der Waals surface area (Å²) < 4.78 is 51.0. The second-order valence-corrected chi connectivity index (χ2v) is 12.8. The van der Waals surface area contributed by atoms with Crippen LogP contribution in [0.1, 0.15) is 50.0 Å². The molecule has 0 bridgehead atoms. The molecular formula is C32H40N2O8S. The van der Waals surface area contributed by atoms with Crippen molar-refractivity contribution >= 4 is 26.9 Å². The van der Waals surface area contributed by atoms with Gasteiger partial charge in [0.1, 0.15) is 11.3 Å². The third kappa shape index (κ3) is 7.41. The molecule has 1 saturated heterocycles. The van der Waals surface area contributed by atoms with E-state index in [1.807, 2.05) is 35.2 Å². The Hall–Kier alpha value is -3.38. The molecule has 2 unspecified atom stereocenters. The van der Waals surface area contributed by atoms with Crippen LogP contribution in [0.25, 0.3) is 11.0 Å². The largest absolute Gasteiger partial charge is 0.497 e. The number of furan rings is 1. The minimum atomic E-state index is -3.89. The number of benzene rings is 2. The van der Waals surface area contributed by atoms with Crippen LogP contribution < -0.4 is 4.74 Å². The number of aliphatic hydroxyl groups excluding tert-OH is 1. The van der Waals surface area contributed by atoms with Crippen molar-refractivity contribution in [2.24, 2.45) is 0 Å². The highest BCUT2D eigenvalue weighted by Gasteiger charge is 2.33. The molecule has 0 spiro atoms. The van der Waals surface area contributed by atoms with E-state index in [1.165, 1.54) is 30.0 Å². The molecule has 2 aromatic carbocycles. The van der Waals surface area contributed by atoms with Crippen LogP contribution in [0.15, 0.2) is 75.9 Å². The molecular weight excluding hydrogens is 572 g/mol. The van der Waals surface area contributed by atoms with Gasteiger partial charge in [-0.2, -0.15) is 4.31 Å². The summed E-state index contributed by atoms with van der Waals surface area (Å²) in [5, 5.41) is 10.6. The number of carbonyl (C=O) groups is 1. The fraction of sp³-hybridized carbons (Fsp3) is 0.469. The Kier molecular flexibility index (Phi) is 10.4. The lowest BCUT2D eigenvalue weighted by Gasteiger charge is -2.32. The van der Waals surface area contributed by atoms with Gasteiger partial charge in [-0.05, 0) is 49.2 Å². The highest BCUT2D eigenvalue weighted by molar-refractivity contribution is 7.89. The maximum atomic E-state index is 13.7. The molecule has 1 fully saturated rings. The minimum Gasteiger partial charge on any atom is -0.497 e. The summed E-state index contributed by atoms with van der Waals surface area (Å²) in [4.78, 5) is 15.6. The van der Waals surface area contributed by atoms with Crippen LogP contribution in [0.4, 0.5) is 0 Å². The fourth-order valence-corrected chi connectivity index (χ4v) is 7.08. The molecule has 43 heavy (non-hydrogen) atoms. The van der Waals surface area contributed by atoms with Crippen LogP contribution in [-0.4, -0.2) is 81.4 Å². The van der Waals surface area contributed by atoms with Crippen LogP contribution in [0.5, 0.6) is 5.75 Å². The van der Waals surface area contributed by atoms with Gasteiger partial charge in [0.25, 0.3) is 5.91 Å². The molecule has 2 aliphatic heterocycles. The number of rotatable bonds is 11. The van der Waals surface area contributed by atoms with E-state index in [4.69, 9.17) is 18.6 Å². The summed E-state index contributed by atoms with van der Waals surface area (Å²) in [6, 6.07) is 13.8. The summed E-state index contributed by atoms with van der Waals surface area (Å²) in [5.41, 5.74) is 1.70. The Labute approximate surface area is 252 Å². The molecule has 0 aliphatic carbocycles. The summed E-state index contributed by atoms with van der Waals surface area (Å²) >= 11 is 0. The van der Waals surface area contributed by atoms with E-state index in [1.54, 1.807) is 18.4 Å². The molecule has 3 aromatic rings. The zero-order valence-corrected chi connectivity index (χ0v) is 25.3. The smallest absolute Gasteiger partial charge is 0.288 e. The van der Waals surface area contributed by atoms with Gasteiger partial charge in [0.2, 0.25) is 16.3 Å². The quantitative estimate of drug-likeness (QED) is 0.333. The number of amides is 1. The van der Waals surface area contributed by atoms with Gasteiger partial charge >= 0.3 is 0 Å². The number of allylic oxidation sites excluding steroid dienone is 1. The van der Waals surface area contributed by atoms with Crippen LogP contribution >= 0.6 is 0 Å². The van der Waals surface area contributed by atoms with Crippen molar-refractivity contribution < 1.29 is 36.9 Å². The Morgan fingerprint density at radius 3 is 2.47 bits per heavy atom. The van der Waals surface area contributed by atoms with Crippen LogP contribution in [0, 0.1) is 0 Å². The molecule has 1 aromatic heterocycles. The first-order valence-electron chi connectivity index (χ1n) is 14.9. The van der Waals surface area contributed by atoms with Crippen molar-refractivity contribution in [2.75, 3.05) is 46.5 Å².